The minimum absolute atomic E-state index is 0.0586. The first-order valence-electron chi connectivity index (χ1n) is 8.49. The van der Waals surface area contributed by atoms with Gasteiger partial charge in [-0.05, 0) is 31.9 Å². The summed E-state index contributed by atoms with van der Waals surface area (Å²) in [6, 6.07) is 10.3. The van der Waals surface area contributed by atoms with Gasteiger partial charge in [0.2, 0.25) is 5.91 Å². The molecule has 0 aromatic heterocycles. The lowest BCUT2D eigenvalue weighted by Crippen LogP contribution is -2.48. The summed E-state index contributed by atoms with van der Waals surface area (Å²) in [5.41, 5.74) is 1.05. The van der Waals surface area contributed by atoms with Crippen LogP contribution in [-0.4, -0.2) is 67.2 Å². The number of nitrogens with zero attached hydrogens (tertiary/aromatic N) is 2. The molecule has 1 fully saturated rings. The van der Waals surface area contributed by atoms with Crippen LogP contribution in [0, 0.1) is 0 Å². The lowest BCUT2D eigenvalue weighted by Gasteiger charge is -2.40. The molecule has 1 unspecified atom stereocenters. The number of carbonyl (C=O) groups excluding carboxylic acids is 1. The van der Waals surface area contributed by atoms with Crippen LogP contribution in [0.4, 0.5) is 0 Å². The van der Waals surface area contributed by atoms with Crippen LogP contribution in [0.2, 0.25) is 0 Å². The Hall–Kier alpha value is -1.43. The molecule has 1 aliphatic heterocycles. The standard InChI is InChI=1S/C18H29N3O2/c1-19-18(23)17(15-7-4-3-5-8-15)21-12-9-16(10-13-21)20(2)11-6-14-22/h3-5,7-8,16-17,22H,6,9-14H2,1-2H3,(H,19,23). The quantitative estimate of drug-likeness (QED) is 0.794. The number of likely N-dealkylation sites (N-methyl/N-ethyl adjacent to an activating group) is 1. The zero-order valence-electron chi connectivity index (χ0n) is 14.2. The SMILES string of the molecule is CNC(=O)C(c1ccccc1)N1CCC(N(C)CCCO)CC1. The van der Waals surface area contributed by atoms with Crippen molar-refractivity contribution >= 4 is 5.91 Å². The fourth-order valence-electron chi connectivity index (χ4n) is 3.39. The van der Waals surface area contributed by atoms with Crippen molar-refractivity contribution < 1.29 is 9.90 Å². The summed E-state index contributed by atoms with van der Waals surface area (Å²) in [4.78, 5) is 17.0. The smallest absolute Gasteiger partial charge is 0.241 e. The maximum atomic E-state index is 12.4. The zero-order valence-corrected chi connectivity index (χ0v) is 14.2. The van der Waals surface area contributed by atoms with Gasteiger partial charge in [0.15, 0.2) is 0 Å². The van der Waals surface area contributed by atoms with Gasteiger partial charge in [-0.1, -0.05) is 30.3 Å². The number of aliphatic hydroxyl groups is 1. The van der Waals surface area contributed by atoms with E-state index in [0.29, 0.717) is 6.04 Å². The Kier molecular flexibility index (Phi) is 7.02. The molecule has 1 amide bonds. The number of carbonyl (C=O) groups is 1. The van der Waals surface area contributed by atoms with Crippen LogP contribution in [0.1, 0.15) is 30.9 Å². The molecule has 1 aromatic rings. The van der Waals surface area contributed by atoms with Crippen molar-refractivity contribution in [2.45, 2.75) is 31.3 Å². The summed E-state index contributed by atoms with van der Waals surface area (Å²) >= 11 is 0. The van der Waals surface area contributed by atoms with Crippen molar-refractivity contribution in [1.29, 1.82) is 0 Å². The van der Waals surface area contributed by atoms with Crippen molar-refractivity contribution in [3.63, 3.8) is 0 Å². The molecule has 0 radical (unpaired) electrons. The molecule has 1 aliphatic rings. The highest BCUT2D eigenvalue weighted by Crippen LogP contribution is 2.26. The van der Waals surface area contributed by atoms with Crippen LogP contribution in [0.15, 0.2) is 30.3 Å². The van der Waals surface area contributed by atoms with Gasteiger partial charge in [-0.3, -0.25) is 9.69 Å². The van der Waals surface area contributed by atoms with E-state index in [9.17, 15) is 4.79 Å². The highest BCUT2D eigenvalue weighted by Gasteiger charge is 2.31. The van der Waals surface area contributed by atoms with Crippen molar-refractivity contribution in [3.8, 4) is 0 Å². The van der Waals surface area contributed by atoms with Gasteiger partial charge in [-0.25, -0.2) is 0 Å². The molecular weight excluding hydrogens is 290 g/mol. The van der Waals surface area contributed by atoms with E-state index in [1.165, 1.54) is 0 Å². The van der Waals surface area contributed by atoms with Crippen LogP contribution in [0.3, 0.4) is 0 Å². The molecular formula is C18H29N3O2. The van der Waals surface area contributed by atoms with Gasteiger partial charge in [0.25, 0.3) is 0 Å². The minimum Gasteiger partial charge on any atom is -0.396 e. The van der Waals surface area contributed by atoms with Crippen LogP contribution in [0.25, 0.3) is 0 Å². The summed E-state index contributed by atoms with van der Waals surface area (Å²) < 4.78 is 0. The summed E-state index contributed by atoms with van der Waals surface area (Å²) in [6.45, 7) is 3.01. The van der Waals surface area contributed by atoms with E-state index in [-0.39, 0.29) is 18.6 Å². The Morgan fingerprint density at radius 1 is 1.35 bits per heavy atom. The molecule has 0 saturated carbocycles. The molecule has 1 atom stereocenters. The van der Waals surface area contributed by atoms with Crippen LogP contribution < -0.4 is 5.32 Å². The van der Waals surface area contributed by atoms with E-state index in [4.69, 9.17) is 5.11 Å². The topological polar surface area (TPSA) is 55.8 Å². The molecule has 1 heterocycles. The van der Waals surface area contributed by atoms with Gasteiger partial charge >= 0.3 is 0 Å². The van der Waals surface area contributed by atoms with E-state index in [1.54, 1.807) is 7.05 Å². The van der Waals surface area contributed by atoms with Crippen molar-refractivity contribution in [2.24, 2.45) is 0 Å². The Morgan fingerprint density at radius 3 is 2.57 bits per heavy atom. The Bertz CT molecular complexity index is 472. The molecule has 2 N–H and O–H groups in total. The molecule has 0 aliphatic carbocycles. The third-order valence-corrected chi connectivity index (χ3v) is 4.77. The van der Waals surface area contributed by atoms with E-state index < -0.39 is 0 Å². The fourth-order valence-corrected chi connectivity index (χ4v) is 3.39. The van der Waals surface area contributed by atoms with Crippen molar-refractivity contribution in [2.75, 3.05) is 40.3 Å². The van der Waals surface area contributed by atoms with Gasteiger partial charge < -0.3 is 15.3 Å². The number of nitrogens with one attached hydrogen (secondary N) is 1. The first-order chi connectivity index (χ1) is 11.2. The van der Waals surface area contributed by atoms with Crippen molar-refractivity contribution in [1.82, 2.24) is 15.1 Å². The molecule has 128 valence electrons. The first kappa shape index (κ1) is 17.9. The molecule has 0 bridgehead atoms. The molecule has 5 nitrogen and oxygen atoms in total. The average Bonchev–Trinajstić information content (AvgIpc) is 2.61. The third kappa shape index (κ3) is 4.77. The summed E-state index contributed by atoms with van der Waals surface area (Å²) in [5.74, 6) is 0.0586. The Morgan fingerprint density at radius 2 is 2.00 bits per heavy atom. The number of amides is 1. The highest BCUT2D eigenvalue weighted by molar-refractivity contribution is 5.82. The lowest BCUT2D eigenvalue weighted by atomic mass is 9.98. The van der Waals surface area contributed by atoms with Gasteiger partial charge in [-0.15, -0.1) is 0 Å². The fraction of sp³-hybridized carbons (Fsp3) is 0.611. The van der Waals surface area contributed by atoms with Gasteiger partial charge in [0.1, 0.15) is 6.04 Å². The van der Waals surface area contributed by atoms with E-state index in [0.717, 1.165) is 44.5 Å². The summed E-state index contributed by atoms with van der Waals surface area (Å²) in [7, 11) is 3.83. The largest absolute Gasteiger partial charge is 0.396 e. The molecule has 1 saturated heterocycles. The second-order valence-electron chi connectivity index (χ2n) is 6.25. The monoisotopic (exact) mass is 319 g/mol. The number of rotatable bonds is 7. The Labute approximate surface area is 139 Å². The van der Waals surface area contributed by atoms with Gasteiger partial charge in [-0.2, -0.15) is 0 Å². The van der Waals surface area contributed by atoms with Gasteiger partial charge in [0.05, 0.1) is 0 Å². The number of hydrogen-bond donors (Lipinski definition) is 2. The number of piperidine rings is 1. The van der Waals surface area contributed by atoms with E-state index >= 15 is 0 Å². The predicted molar refractivity (Wildman–Crippen MR) is 92.2 cm³/mol. The Balaban J connectivity index is 1.99. The first-order valence-corrected chi connectivity index (χ1v) is 8.49. The maximum Gasteiger partial charge on any atom is 0.241 e. The highest BCUT2D eigenvalue weighted by atomic mass is 16.3. The van der Waals surface area contributed by atoms with Gasteiger partial charge in [0, 0.05) is 39.3 Å². The number of likely N-dealkylation sites (tertiary alicyclic amines) is 1. The zero-order chi connectivity index (χ0) is 16.7. The van der Waals surface area contributed by atoms with Crippen LogP contribution in [-0.2, 0) is 4.79 Å². The summed E-state index contributed by atoms with van der Waals surface area (Å²) in [6.07, 6.45) is 2.94. The molecule has 0 spiro atoms. The van der Waals surface area contributed by atoms with Crippen LogP contribution in [0.5, 0.6) is 0 Å². The molecule has 23 heavy (non-hydrogen) atoms. The number of hydrogen-bond acceptors (Lipinski definition) is 4. The minimum atomic E-state index is -0.204. The van der Waals surface area contributed by atoms with E-state index in [1.807, 2.05) is 30.3 Å². The summed E-state index contributed by atoms with van der Waals surface area (Å²) in [5, 5.41) is 11.8. The lowest BCUT2D eigenvalue weighted by molar-refractivity contribution is -0.126. The molecule has 1 aromatic carbocycles. The normalized spacial score (nSPS) is 18.1. The third-order valence-electron chi connectivity index (χ3n) is 4.77. The molecule has 5 heteroatoms. The maximum absolute atomic E-state index is 12.4. The second kappa shape index (κ2) is 9.01. The van der Waals surface area contributed by atoms with E-state index in [2.05, 4.69) is 22.2 Å². The van der Waals surface area contributed by atoms with Crippen LogP contribution >= 0.6 is 0 Å². The average molecular weight is 319 g/mol. The predicted octanol–water partition coefficient (Wildman–Crippen LogP) is 1.25. The second-order valence-corrected chi connectivity index (χ2v) is 6.25. The molecule has 2 rings (SSSR count). The number of benzene rings is 1. The number of aliphatic hydroxyl groups excluding tert-OH is 1. The van der Waals surface area contributed by atoms with Crippen molar-refractivity contribution in [3.05, 3.63) is 35.9 Å².